The predicted octanol–water partition coefficient (Wildman–Crippen LogP) is 4.31. The Morgan fingerprint density at radius 2 is 1.58 bits per heavy atom. The highest BCUT2D eigenvalue weighted by molar-refractivity contribution is 5.79. The van der Waals surface area contributed by atoms with E-state index < -0.39 is 12.1 Å². The molecule has 0 fully saturated rings. The van der Waals surface area contributed by atoms with Crippen LogP contribution >= 0.6 is 0 Å². The number of nitrogens with one attached hydrogen (secondary N) is 2. The molecular formula is C26H32N2O5. The van der Waals surface area contributed by atoms with Crippen molar-refractivity contribution in [1.82, 2.24) is 10.6 Å². The van der Waals surface area contributed by atoms with Crippen molar-refractivity contribution >= 4 is 18.0 Å². The van der Waals surface area contributed by atoms with Crippen molar-refractivity contribution in [2.24, 2.45) is 5.92 Å². The van der Waals surface area contributed by atoms with Crippen LogP contribution in [0.2, 0.25) is 0 Å². The number of hydrogen-bond donors (Lipinski definition) is 3. The van der Waals surface area contributed by atoms with E-state index in [1.807, 2.05) is 31.2 Å². The highest BCUT2D eigenvalue weighted by Gasteiger charge is 2.29. The third-order valence-corrected chi connectivity index (χ3v) is 6.01. The average Bonchev–Trinajstić information content (AvgIpc) is 3.10. The molecule has 0 heterocycles. The molecule has 0 saturated carbocycles. The van der Waals surface area contributed by atoms with Gasteiger partial charge in [0.1, 0.15) is 6.61 Å². The zero-order valence-electron chi connectivity index (χ0n) is 19.2. The molecule has 33 heavy (non-hydrogen) atoms. The lowest BCUT2D eigenvalue weighted by Gasteiger charge is -2.17. The molecular weight excluding hydrogens is 420 g/mol. The number of rotatable bonds is 11. The van der Waals surface area contributed by atoms with Crippen molar-refractivity contribution in [3.05, 3.63) is 59.7 Å². The van der Waals surface area contributed by atoms with Gasteiger partial charge < -0.3 is 20.5 Å². The van der Waals surface area contributed by atoms with Crippen LogP contribution in [-0.2, 0) is 14.3 Å². The summed E-state index contributed by atoms with van der Waals surface area (Å²) in [5.74, 6) is -0.756. The fourth-order valence-electron chi connectivity index (χ4n) is 4.21. The van der Waals surface area contributed by atoms with Gasteiger partial charge in [-0.25, -0.2) is 4.79 Å². The van der Waals surface area contributed by atoms with Gasteiger partial charge in [0, 0.05) is 31.3 Å². The molecule has 2 aromatic carbocycles. The van der Waals surface area contributed by atoms with E-state index in [1.54, 1.807) is 6.92 Å². The number of carbonyl (C=O) groups is 3. The minimum absolute atomic E-state index is 0.00938. The zero-order valence-corrected chi connectivity index (χ0v) is 19.2. The molecule has 0 radical (unpaired) electrons. The normalized spacial score (nSPS) is 14.0. The van der Waals surface area contributed by atoms with Gasteiger partial charge in [-0.2, -0.15) is 0 Å². The maximum atomic E-state index is 12.3. The fraction of sp³-hybridized carbons (Fsp3) is 0.423. The second-order valence-corrected chi connectivity index (χ2v) is 8.75. The zero-order chi connectivity index (χ0) is 23.8. The van der Waals surface area contributed by atoms with E-state index in [1.165, 1.54) is 11.1 Å². The summed E-state index contributed by atoms with van der Waals surface area (Å²) in [6.45, 7) is 4.44. The van der Waals surface area contributed by atoms with Crippen molar-refractivity contribution < 1.29 is 24.2 Å². The van der Waals surface area contributed by atoms with E-state index in [0.29, 0.717) is 19.4 Å². The lowest BCUT2D eigenvalue weighted by atomic mass is 9.98. The Balaban J connectivity index is 1.40. The second kappa shape index (κ2) is 11.5. The highest BCUT2D eigenvalue weighted by Crippen LogP contribution is 2.44. The number of alkyl carbamates (subject to hydrolysis) is 1. The molecule has 176 valence electrons. The number of fused-ring (bicyclic) bond motifs is 3. The summed E-state index contributed by atoms with van der Waals surface area (Å²) < 4.78 is 5.52. The topological polar surface area (TPSA) is 105 Å². The van der Waals surface area contributed by atoms with Crippen LogP contribution in [0.15, 0.2) is 48.5 Å². The Morgan fingerprint density at radius 3 is 2.18 bits per heavy atom. The molecule has 0 bridgehead atoms. The number of carboxylic acid groups (broad SMARTS) is 1. The molecule has 0 aromatic heterocycles. The molecule has 1 aliphatic carbocycles. The van der Waals surface area contributed by atoms with Gasteiger partial charge in [-0.05, 0) is 47.9 Å². The maximum Gasteiger partial charge on any atom is 0.407 e. The molecule has 0 saturated heterocycles. The van der Waals surface area contributed by atoms with Gasteiger partial charge in [-0.3, -0.25) is 9.59 Å². The summed E-state index contributed by atoms with van der Waals surface area (Å²) >= 11 is 0. The van der Waals surface area contributed by atoms with Gasteiger partial charge in [0.2, 0.25) is 5.91 Å². The standard InChI is InChI=1S/C26H32N2O5/c1-17(11-12-25(30)31)13-14-27-24(29)15-18(2)28-26(32)33-16-23-21-9-5-3-7-19(21)20-8-4-6-10-22(20)23/h3-10,17-18,23H,11-16H2,1-2H3,(H,27,29)(H,28,32)(H,30,31)/t17?,18-/m1/s1. The number of amides is 2. The Labute approximate surface area is 194 Å². The van der Waals surface area contributed by atoms with Crippen molar-refractivity contribution in [3.8, 4) is 11.1 Å². The van der Waals surface area contributed by atoms with Crippen LogP contribution in [0.25, 0.3) is 11.1 Å². The van der Waals surface area contributed by atoms with Gasteiger partial charge in [-0.1, -0.05) is 55.5 Å². The largest absolute Gasteiger partial charge is 0.481 e. The molecule has 0 aliphatic heterocycles. The van der Waals surface area contributed by atoms with Crippen LogP contribution in [0.4, 0.5) is 4.79 Å². The molecule has 2 amide bonds. The minimum Gasteiger partial charge on any atom is -0.481 e. The number of carbonyl (C=O) groups excluding carboxylic acids is 2. The van der Waals surface area contributed by atoms with Crippen molar-refractivity contribution in [2.75, 3.05) is 13.2 Å². The van der Waals surface area contributed by atoms with Gasteiger partial charge in [0.25, 0.3) is 0 Å². The van der Waals surface area contributed by atoms with Crippen molar-refractivity contribution in [3.63, 3.8) is 0 Å². The summed E-state index contributed by atoms with van der Waals surface area (Å²) in [6.07, 6.45) is 1.04. The maximum absolute atomic E-state index is 12.3. The molecule has 7 heteroatoms. The van der Waals surface area contributed by atoms with E-state index in [2.05, 4.69) is 34.9 Å². The van der Waals surface area contributed by atoms with Crippen LogP contribution in [0, 0.1) is 5.92 Å². The molecule has 3 rings (SSSR count). The van der Waals surface area contributed by atoms with Gasteiger partial charge in [0.15, 0.2) is 0 Å². The first kappa shape index (κ1) is 24.3. The van der Waals surface area contributed by atoms with Crippen LogP contribution in [-0.4, -0.2) is 42.3 Å². The smallest absolute Gasteiger partial charge is 0.407 e. The molecule has 1 aliphatic rings. The summed E-state index contributed by atoms with van der Waals surface area (Å²) in [7, 11) is 0. The Kier molecular flexibility index (Phi) is 8.46. The number of hydrogen-bond acceptors (Lipinski definition) is 4. The SMILES string of the molecule is CC(CCNC(=O)C[C@@H](C)NC(=O)OCC1c2ccccc2-c2ccccc21)CCC(=O)O. The Hall–Kier alpha value is -3.35. The van der Waals surface area contributed by atoms with E-state index in [0.717, 1.165) is 11.1 Å². The lowest BCUT2D eigenvalue weighted by Crippen LogP contribution is -2.38. The van der Waals surface area contributed by atoms with Crippen LogP contribution in [0.5, 0.6) is 0 Å². The average molecular weight is 453 g/mol. The predicted molar refractivity (Wildman–Crippen MR) is 126 cm³/mol. The van der Waals surface area contributed by atoms with Crippen molar-refractivity contribution in [2.45, 2.75) is 51.5 Å². The number of carboxylic acids is 1. The Bertz CT molecular complexity index is 945. The first-order valence-corrected chi connectivity index (χ1v) is 11.4. The first-order valence-electron chi connectivity index (χ1n) is 11.4. The van der Waals surface area contributed by atoms with Gasteiger partial charge in [-0.15, -0.1) is 0 Å². The van der Waals surface area contributed by atoms with E-state index in [-0.39, 0.29) is 43.2 Å². The third-order valence-electron chi connectivity index (χ3n) is 6.01. The fourth-order valence-corrected chi connectivity index (χ4v) is 4.21. The number of benzene rings is 2. The summed E-state index contributed by atoms with van der Waals surface area (Å²) in [4.78, 5) is 35.1. The molecule has 3 N–H and O–H groups in total. The van der Waals surface area contributed by atoms with Gasteiger partial charge >= 0.3 is 12.1 Å². The molecule has 2 aromatic rings. The molecule has 1 unspecified atom stereocenters. The molecule has 2 atom stereocenters. The second-order valence-electron chi connectivity index (χ2n) is 8.75. The molecule has 7 nitrogen and oxygen atoms in total. The van der Waals surface area contributed by atoms with Crippen LogP contribution in [0.1, 0.15) is 56.6 Å². The monoisotopic (exact) mass is 452 g/mol. The summed E-state index contributed by atoms with van der Waals surface area (Å²) in [5, 5.41) is 14.3. The van der Waals surface area contributed by atoms with Crippen LogP contribution in [0.3, 0.4) is 0 Å². The van der Waals surface area contributed by atoms with Gasteiger partial charge in [0.05, 0.1) is 0 Å². The van der Waals surface area contributed by atoms with E-state index >= 15 is 0 Å². The molecule has 0 spiro atoms. The summed E-state index contributed by atoms with van der Waals surface area (Å²) in [5.41, 5.74) is 4.64. The van der Waals surface area contributed by atoms with Crippen LogP contribution < -0.4 is 10.6 Å². The van der Waals surface area contributed by atoms with E-state index in [9.17, 15) is 14.4 Å². The number of aliphatic carboxylic acids is 1. The third kappa shape index (κ3) is 6.81. The number of ether oxygens (including phenoxy) is 1. The first-order chi connectivity index (χ1) is 15.8. The highest BCUT2D eigenvalue weighted by atomic mass is 16.5. The quantitative estimate of drug-likeness (QED) is 0.471. The van der Waals surface area contributed by atoms with Crippen molar-refractivity contribution in [1.29, 1.82) is 0 Å². The minimum atomic E-state index is -0.806. The summed E-state index contributed by atoms with van der Waals surface area (Å²) in [6, 6.07) is 15.9. The van der Waals surface area contributed by atoms with E-state index in [4.69, 9.17) is 9.84 Å². The lowest BCUT2D eigenvalue weighted by molar-refractivity contribution is -0.137. The Morgan fingerprint density at radius 1 is 0.970 bits per heavy atom.